The van der Waals surface area contributed by atoms with E-state index in [1.165, 1.54) is 0 Å². The molecule has 1 atom stereocenters. The molecule has 0 radical (unpaired) electrons. The fraction of sp³-hybridized carbons (Fsp3) is 0.300. The highest BCUT2D eigenvalue weighted by Gasteiger charge is 2.36. The third-order valence-electron chi connectivity index (χ3n) is 7.84. The molecule has 37 heavy (non-hydrogen) atoms. The van der Waals surface area contributed by atoms with Gasteiger partial charge in [0.25, 0.3) is 0 Å². The van der Waals surface area contributed by atoms with Gasteiger partial charge in [0.15, 0.2) is 0 Å². The standard InChI is InChI=1S/C30H29N5O2/c1-37-25-9-11-27-28(15-25)35(18-19-12-13-34(17-19)30(36)22-6-7-22)29(32-27)21-4-2-20(3-5-21)23-8-10-26-24(14-23)16-31-33-26/h2-5,8-11,14-16,19,22H,6-7,12-13,17-18H2,1H3,(H,31,33). The van der Waals surface area contributed by atoms with Crippen molar-refractivity contribution in [1.82, 2.24) is 24.6 Å². The Hall–Kier alpha value is -4.13. The van der Waals surface area contributed by atoms with E-state index >= 15 is 0 Å². The van der Waals surface area contributed by atoms with Crippen molar-refractivity contribution in [3.63, 3.8) is 0 Å². The Morgan fingerprint density at radius 2 is 1.81 bits per heavy atom. The maximum Gasteiger partial charge on any atom is 0.225 e. The summed E-state index contributed by atoms with van der Waals surface area (Å²) in [7, 11) is 1.70. The van der Waals surface area contributed by atoms with Crippen molar-refractivity contribution >= 4 is 27.8 Å². The average molecular weight is 492 g/mol. The number of rotatable bonds is 6. The summed E-state index contributed by atoms with van der Waals surface area (Å²) >= 11 is 0. The van der Waals surface area contributed by atoms with Crippen LogP contribution in [0.3, 0.4) is 0 Å². The van der Waals surface area contributed by atoms with Crippen molar-refractivity contribution in [2.75, 3.05) is 20.2 Å². The number of hydrogen-bond acceptors (Lipinski definition) is 4. The molecule has 7 nitrogen and oxygen atoms in total. The number of carbonyl (C=O) groups is 1. The molecule has 1 aliphatic heterocycles. The van der Waals surface area contributed by atoms with Crippen LogP contribution in [0.1, 0.15) is 19.3 Å². The molecule has 2 aliphatic rings. The first kappa shape index (κ1) is 22.1. The Balaban J connectivity index is 1.22. The van der Waals surface area contributed by atoms with Gasteiger partial charge >= 0.3 is 0 Å². The minimum Gasteiger partial charge on any atom is -0.497 e. The van der Waals surface area contributed by atoms with Gasteiger partial charge in [0.2, 0.25) is 5.91 Å². The summed E-state index contributed by atoms with van der Waals surface area (Å²) in [6.07, 6.45) is 4.99. The molecule has 1 saturated heterocycles. The number of benzene rings is 3. The van der Waals surface area contributed by atoms with Gasteiger partial charge in [0, 0.05) is 42.6 Å². The van der Waals surface area contributed by atoms with E-state index in [1.807, 2.05) is 18.3 Å². The van der Waals surface area contributed by atoms with Crippen LogP contribution in [0.5, 0.6) is 5.75 Å². The number of amides is 1. The molecule has 0 spiro atoms. The molecule has 3 heterocycles. The van der Waals surface area contributed by atoms with Crippen molar-refractivity contribution in [2.24, 2.45) is 11.8 Å². The predicted molar refractivity (Wildman–Crippen MR) is 144 cm³/mol. The summed E-state index contributed by atoms with van der Waals surface area (Å²) in [6, 6.07) is 21.0. The third kappa shape index (κ3) is 4.04. The molecule has 5 aromatic rings. The zero-order valence-corrected chi connectivity index (χ0v) is 20.9. The zero-order chi connectivity index (χ0) is 24.9. The molecule has 0 bridgehead atoms. The molecular formula is C30H29N5O2. The summed E-state index contributed by atoms with van der Waals surface area (Å²) in [4.78, 5) is 19.8. The van der Waals surface area contributed by atoms with Crippen LogP contribution in [0, 0.1) is 11.8 Å². The fourth-order valence-electron chi connectivity index (χ4n) is 5.60. The predicted octanol–water partition coefficient (Wildman–Crippen LogP) is 5.51. The molecule has 1 unspecified atom stereocenters. The highest BCUT2D eigenvalue weighted by Crippen LogP contribution is 2.35. The van der Waals surface area contributed by atoms with Crippen LogP contribution in [-0.4, -0.2) is 50.8 Å². The van der Waals surface area contributed by atoms with Gasteiger partial charge in [0.05, 0.1) is 29.9 Å². The van der Waals surface area contributed by atoms with Gasteiger partial charge in [-0.2, -0.15) is 5.10 Å². The van der Waals surface area contributed by atoms with Crippen LogP contribution >= 0.6 is 0 Å². The molecule has 186 valence electrons. The number of ether oxygens (including phenoxy) is 1. The second-order valence-corrected chi connectivity index (χ2v) is 10.4. The number of methoxy groups -OCH3 is 1. The molecule has 7 rings (SSSR count). The lowest BCUT2D eigenvalue weighted by molar-refractivity contribution is -0.131. The van der Waals surface area contributed by atoms with Gasteiger partial charge in [-0.3, -0.25) is 9.89 Å². The zero-order valence-electron chi connectivity index (χ0n) is 20.9. The van der Waals surface area contributed by atoms with E-state index in [0.717, 1.165) is 89.1 Å². The molecule has 7 heteroatoms. The quantitative estimate of drug-likeness (QED) is 0.340. The van der Waals surface area contributed by atoms with Gasteiger partial charge in [-0.05, 0) is 60.6 Å². The lowest BCUT2D eigenvalue weighted by Gasteiger charge is -2.18. The van der Waals surface area contributed by atoms with Gasteiger partial charge in [-0.1, -0.05) is 30.3 Å². The first-order valence-corrected chi connectivity index (χ1v) is 13.0. The Morgan fingerprint density at radius 1 is 1.00 bits per heavy atom. The number of nitrogens with one attached hydrogen (secondary N) is 1. The summed E-state index contributed by atoms with van der Waals surface area (Å²) in [6.45, 7) is 2.52. The number of carbonyl (C=O) groups excluding carboxylic acids is 1. The van der Waals surface area contributed by atoms with Crippen LogP contribution in [-0.2, 0) is 11.3 Å². The molecule has 1 saturated carbocycles. The normalized spacial score (nSPS) is 17.6. The molecule has 3 aromatic carbocycles. The minimum absolute atomic E-state index is 0.278. The lowest BCUT2D eigenvalue weighted by atomic mass is 10.0. The Bertz CT molecular complexity index is 1610. The lowest BCUT2D eigenvalue weighted by Crippen LogP contribution is -2.30. The number of nitrogens with zero attached hydrogens (tertiary/aromatic N) is 4. The van der Waals surface area contributed by atoms with Crippen LogP contribution in [0.2, 0.25) is 0 Å². The molecule has 1 N–H and O–H groups in total. The van der Waals surface area contributed by atoms with E-state index in [0.29, 0.717) is 11.8 Å². The van der Waals surface area contributed by atoms with Gasteiger partial charge < -0.3 is 14.2 Å². The van der Waals surface area contributed by atoms with Crippen molar-refractivity contribution in [3.05, 3.63) is 66.9 Å². The summed E-state index contributed by atoms with van der Waals surface area (Å²) < 4.78 is 7.85. The van der Waals surface area contributed by atoms with Crippen molar-refractivity contribution in [2.45, 2.75) is 25.8 Å². The number of imidazole rings is 1. The van der Waals surface area contributed by atoms with E-state index in [2.05, 4.69) is 68.2 Å². The first-order valence-electron chi connectivity index (χ1n) is 13.0. The van der Waals surface area contributed by atoms with Gasteiger partial charge in [-0.15, -0.1) is 0 Å². The van der Waals surface area contributed by atoms with E-state index in [-0.39, 0.29) is 5.92 Å². The second-order valence-electron chi connectivity index (χ2n) is 10.4. The van der Waals surface area contributed by atoms with Crippen molar-refractivity contribution in [3.8, 4) is 28.3 Å². The van der Waals surface area contributed by atoms with E-state index in [1.54, 1.807) is 7.11 Å². The summed E-state index contributed by atoms with van der Waals surface area (Å²) in [5.74, 6) is 2.81. The topological polar surface area (TPSA) is 76.0 Å². The number of fused-ring (bicyclic) bond motifs is 2. The Labute approximate surface area is 215 Å². The van der Waals surface area contributed by atoms with E-state index in [9.17, 15) is 4.79 Å². The summed E-state index contributed by atoms with van der Waals surface area (Å²) in [5, 5.41) is 8.24. The largest absolute Gasteiger partial charge is 0.497 e. The SMILES string of the molecule is COc1ccc2nc(-c3ccc(-c4ccc5[nH]ncc5c4)cc3)n(CC3CCN(C(=O)C4CC4)C3)c2c1. The van der Waals surface area contributed by atoms with E-state index in [4.69, 9.17) is 9.72 Å². The Morgan fingerprint density at radius 3 is 2.62 bits per heavy atom. The first-order chi connectivity index (χ1) is 18.2. The highest BCUT2D eigenvalue weighted by atomic mass is 16.5. The number of H-pyrrole nitrogens is 1. The molecule has 2 aromatic heterocycles. The van der Waals surface area contributed by atoms with E-state index < -0.39 is 0 Å². The molecule has 2 fully saturated rings. The summed E-state index contributed by atoms with van der Waals surface area (Å²) in [5.41, 5.74) is 6.44. The van der Waals surface area contributed by atoms with Crippen LogP contribution in [0.4, 0.5) is 0 Å². The van der Waals surface area contributed by atoms with Gasteiger partial charge in [0.1, 0.15) is 11.6 Å². The number of aromatic amines is 1. The number of likely N-dealkylation sites (tertiary alicyclic amines) is 1. The minimum atomic E-state index is 0.278. The monoisotopic (exact) mass is 491 g/mol. The average Bonchev–Trinajstić information content (AvgIpc) is 3.33. The van der Waals surface area contributed by atoms with Crippen molar-refractivity contribution < 1.29 is 9.53 Å². The van der Waals surface area contributed by atoms with Crippen LogP contribution in [0.25, 0.3) is 44.5 Å². The maximum atomic E-state index is 12.6. The maximum absolute atomic E-state index is 12.6. The Kier molecular flexibility index (Phi) is 5.23. The third-order valence-corrected chi connectivity index (χ3v) is 7.84. The number of hydrogen-bond donors (Lipinski definition) is 1. The molecular weight excluding hydrogens is 462 g/mol. The van der Waals surface area contributed by atoms with Crippen LogP contribution < -0.4 is 4.74 Å². The van der Waals surface area contributed by atoms with Crippen LogP contribution in [0.15, 0.2) is 66.9 Å². The molecule has 1 aliphatic carbocycles. The van der Waals surface area contributed by atoms with Gasteiger partial charge in [-0.25, -0.2) is 4.98 Å². The van der Waals surface area contributed by atoms with Crippen molar-refractivity contribution in [1.29, 1.82) is 0 Å². The molecule has 1 amide bonds. The fourth-order valence-corrected chi connectivity index (χ4v) is 5.60. The highest BCUT2D eigenvalue weighted by molar-refractivity contribution is 5.85. The number of aromatic nitrogens is 4. The second kappa shape index (κ2) is 8.76. The smallest absolute Gasteiger partial charge is 0.225 e.